The molecule has 0 aliphatic heterocycles. The zero-order valence-electron chi connectivity index (χ0n) is 18.4. The zero-order chi connectivity index (χ0) is 21.3. The molecule has 0 radical (unpaired) electrons. The van der Waals surface area contributed by atoms with Crippen molar-refractivity contribution in [3.63, 3.8) is 0 Å². The molecule has 0 bridgehead atoms. The maximum absolute atomic E-state index is 12.3. The molecule has 6 nitrogen and oxygen atoms in total. The summed E-state index contributed by atoms with van der Waals surface area (Å²) in [6.45, 7) is 12.5. The number of ether oxygens (including phenoxy) is 1. The van der Waals surface area contributed by atoms with Gasteiger partial charge in [0, 0.05) is 24.8 Å². The Kier molecular flexibility index (Phi) is 5.64. The van der Waals surface area contributed by atoms with Crippen LogP contribution in [0.15, 0.2) is 30.3 Å². The van der Waals surface area contributed by atoms with Crippen LogP contribution in [0, 0.1) is 13.8 Å². The van der Waals surface area contributed by atoms with Gasteiger partial charge in [0.15, 0.2) is 5.65 Å². The van der Waals surface area contributed by atoms with Gasteiger partial charge in [0.1, 0.15) is 16.9 Å². The number of carbonyl (C=O) groups excluding carboxylic acids is 1. The highest BCUT2D eigenvalue weighted by molar-refractivity contribution is 5.87. The molecule has 0 fully saturated rings. The Morgan fingerprint density at radius 3 is 2.38 bits per heavy atom. The molecule has 0 unspecified atom stereocenters. The summed E-state index contributed by atoms with van der Waals surface area (Å²) in [5.41, 5.74) is 5.43. The van der Waals surface area contributed by atoms with E-state index in [-0.39, 0.29) is 6.09 Å². The van der Waals surface area contributed by atoms with E-state index in [1.807, 2.05) is 52.0 Å². The van der Waals surface area contributed by atoms with Crippen molar-refractivity contribution < 1.29 is 9.53 Å². The highest BCUT2D eigenvalue weighted by atomic mass is 16.6. The fourth-order valence-corrected chi connectivity index (χ4v) is 3.33. The van der Waals surface area contributed by atoms with Gasteiger partial charge in [0.25, 0.3) is 0 Å². The van der Waals surface area contributed by atoms with Gasteiger partial charge in [0.05, 0.1) is 6.54 Å². The first-order valence-corrected chi connectivity index (χ1v) is 9.98. The van der Waals surface area contributed by atoms with Gasteiger partial charge >= 0.3 is 6.09 Å². The number of carbonyl (C=O) groups is 1. The van der Waals surface area contributed by atoms with Gasteiger partial charge in [-0.15, -0.1) is 0 Å². The van der Waals surface area contributed by atoms with E-state index in [2.05, 4.69) is 24.5 Å². The van der Waals surface area contributed by atoms with Gasteiger partial charge in [0.2, 0.25) is 0 Å². The Bertz CT molecular complexity index is 1030. The Balaban J connectivity index is 1.86. The van der Waals surface area contributed by atoms with E-state index in [4.69, 9.17) is 14.7 Å². The molecule has 0 spiro atoms. The number of aromatic nitrogens is 3. The standard InChI is InChI=1S/C23H30N4O2/c1-8-19-25-20-15(2)13-16(3)24-21(20)27(19)14-17-9-11-18(12-10-17)26(7)22(28)29-23(4,5)6/h9-13H,8,14H2,1-7H3. The van der Waals surface area contributed by atoms with Crippen LogP contribution in [-0.2, 0) is 17.7 Å². The molecule has 29 heavy (non-hydrogen) atoms. The van der Waals surface area contributed by atoms with Gasteiger partial charge in [-0.05, 0) is 63.9 Å². The number of anilines is 1. The molecule has 0 atom stereocenters. The summed E-state index contributed by atoms with van der Waals surface area (Å²) in [5, 5.41) is 0. The van der Waals surface area contributed by atoms with Crippen LogP contribution in [0.25, 0.3) is 11.2 Å². The first kappa shape index (κ1) is 20.8. The molecule has 2 aromatic heterocycles. The number of aryl methyl sites for hydroxylation is 3. The average molecular weight is 395 g/mol. The van der Waals surface area contributed by atoms with Gasteiger partial charge in [-0.1, -0.05) is 19.1 Å². The van der Waals surface area contributed by atoms with Crippen LogP contribution in [0.5, 0.6) is 0 Å². The molecule has 1 aromatic carbocycles. The van der Waals surface area contributed by atoms with Crippen molar-refractivity contribution in [3.05, 3.63) is 53.0 Å². The number of pyridine rings is 1. The minimum Gasteiger partial charge on any atom is -0.443 e. The molecule has 3 rings (SSSR count). The molecule has 0 N–H and O–H groups in total. The fraction of sp³-hybridized carbons (Fsp3) is 0.435. The zero-order valence-corrected chi connectivity index (χ0v) is 18.4. The van der Waals surface area contributed by atoms with Crippen molar-refractivity contribution in [1.29, 1.82) is 0 Å². The lowest BCUT2D eigenvalue weighted by molar-refractivity contribution is 0.0589. The average Bonchev–Trinajstić information content (AvgIpc) is 2.98. The minimum atomic E-state index is -0.520. The van der Waals surface area contributed by atoms with Crippen molar-refractivity contribution in [2.45, 2.75) is 60.1 Å². The topological polar surface area (TPSA) is 60.2 Å². The van der Waals surface area contributed by atoms with Crippen LogP contribution in [0.1, 0.15) is 50.3 Å². The Labute approximate surface area is 172 Å². The SMILES string of the molecule is CCc1nc2c(C)cc(C)nc2n1Cc1ccc(N(C)C(=O)OC(C)(C)C)cc1. The molecular weight excluding hydrogens is 364 g/mol. The molecule has 6 heteroatoms. The van der Waals surface area contributed by atoms with Crippen molar-refractivity contribution in [3.8, 4) is 0 Å². The lowest BCUT2D eigenvalue weighted by Gasteiger charge is -2.24. The highest BCUT2D eigenvalue weighted by Crippen LogP contribution is 2.22. The molecule has 3 aromatic rings. The van der Waals surface area contributed by atoms with Crippen LogP contribution in [0.3, 0.4) is 0 Å². The van der Waals surface area contributed by atoms with E-state index in [1.165, 1.54) is 4.90 Å². The van der Waals surface area contributed by atoms with E-state index in [9.17, 15) is 4.79 Å². The second-order valence-electron chi connectivity index (χ2n) is 8.43. The maximum Gasteiger partial charge on any atom is 0.414 e. The Hall–Kier alpha value is -2.89. The summed E-state index contributed by atoms with van der Waals surface area (Å²) in [6.07, 6.45) is 0.475. The first-order valence-electron chi connectivity index (χ1n) is 9.98. The van der Waals surface area contributed by atoms with Crippen molar-refractivity contribution in [1.82, 2.24) is 14.5 Å². The van der Waals surface area contributed by atoms with Gasteiger partial charge in [-0.3, -0.25) is 4.90 Å². The molecule has 154 valence electrons. The van der Waals surface area contributed by atoms with E-state index in [1.54, 1.807) is 7.05 Å². The van der Waals surface area contributed by atoms with Crippen LogP contribution < -0.4 is 4.90 Å². The molecule has 0 aliphatic carbocycles. The minimum absolute atomic E-state index is 0.366. The highest BCUT2D eigenvalue weighted by Gasteiger charge is 2.20. The fourth-order valence-electron chi connectivity index (χ4n) is 3.33. The third-order valence-corrected chi connectivity index (χ3v) is 4.75. The van der Waals surface area contributed by atoms with Crippen LogP contribution in [0.2, 0.25) is 0 Å². The lowest BCUT2D eigenvalue weighted by Crippen LogP contribution is -2.34. The summed E-state index contributed by atoms with van der Waals surface area (Å²) in [6, 6.07) is 10.0. The van der Waals surface area contributed by atoms with E-state index in [0.717, 1.165) is 45.9 Å². The summed E-state index contributed by atoms with van der Waals surface area (Å²) in [7, 11) is 1.72. The van der Waals surface area contributed by atoms with Gasteiger partial charge in [-0.25, -0.2) is 14.8 Å². The first-order chi connectivity index (χ1) is 13.6. The van der Waals surface area contributed by atoms with Gasteiger partial charge in [-0.2, -0.15) is 0 Å². The monoisotopic (exact) mass is 394 g/mol. The van der Waals surface area contributed by atoms with E-state index >= 15 is 0 Å². The van der Waals surface area contributed by atoms with Crippen molar-refractivity contribution >= 4 is 22.9 Å². The second-order valence-corrected chi connectivity index (χ2v) is 8.43. The molecule has 0 saturated carbocycles. The summed E-state index contributed by atoms with van der Waals surface area (Å²) >= 11 is 0. The Morgan fingerprint density at radius 2 is 1.79 bits per heavy atom. The summed E-state index contributed by atoms with van der Waals surface area (Å²) < 4.78 is 7.62. The third-order valence-electron chi connectivity index (χ3n) is 4.75. The number of benzene rings is 1. The number of rotatable bonds is 4. The molecule has 2 heterocycles. The number of fused-ring (bicyclic) bond motifs is 1. The van der Waals surface area contributed by atoms with Gasteiger partial charge < -0.3 is 9.30 Å². The summed E-state index contributed by atoms with van der Waals surface area (Å²) in [5.74, 6) is 1.02. The van der Waals surface area contributed by atoms with E-state index in [0.29, 0.717) is 6.54 Å². The predicted molar refractivity (Wildman–Crippen MR) is 117 cm³/mol. The number of nitrogens with zero attached hydrogens (tertiary/aromatic N) is 4. The number of hydrogen-bond acceptors (Lipinski definition) is 4. The molecule has 1 amide bonds. The van der Waals surface area contributed by atoms with Crippen molar-refractivity contribution in [2.24, 2.45) is 0 Å². The van der Waals surface area contributed by atoms with E-state index < -0.39 is 5.60 Å². The van der Waals surface area contributed by atoms with Crippen LogP contribution >= 0.6 is 0 Å². The lowest BCUT2D eigenvalue weighted by atomic mass is 10.2. The number of hydrogen-bond donors (Lipinski definition) is 0. The maximum atomic E-state index is 12.3. The summed E-state index contributed by atoms with van der Waals surface area (Å²) in [4.78, 5) is 23.3. The van der Waals surface area contributed by atoms with Crippen LogP contribution in [0.4, 0.5) is 10.5 Å². The smallest absolute Gasteiger partial charge is 0.414 e. The molecular formula is C23H30N4O2. The largest absolute Gasteiger partial charge is 0.443 e. The normalized spacial score (nSPS) is 11.7. The molecule has 0 aliphatic rings. The molecule has 0 saturated heterocycles. The number of imidazole rings is 1. The Morgan fingerprint density at radius 1 is 1.14 bits per heavy atom. The second kappa shape index (κ2) is 7.85. The predicted octanol–water partition coefficient (Wildman–Crippen LogP) is 5.03. The third kappa shape index (κ3) is 4.58. The van der Waals surface area contributed by atoms with Crippen molar-refractivity contribution in [2.75, 3.05) is 11.9 Å². The van der Waals surface area contributed by atoms with Crippen LogP contribution in [-0.4, -0.2) is 33.3 Å². The number of amides is 1. The quantitative estimate of drug-likeness (QED) is 0.623.